The summed E-state index contributed by atoms with van der Waals surface area (Å²) in [6, 6.07) is 6.09. The highest BCUT2D eigenvalue weighted by Crippen LogP contribution is 2.25. The third kappa shape index (κ3) is 4.32. The lowest BCUT2D eigenvalue weighted by Crippen LogP contribution is -2.21. The fourth-order valence-electron chi connectivity index (χ4n) is 1.34. The predicted octanol–water partition coefficient (Wildman–Crippen LogP) is 3.42. The first-order chi connectivity index (χ1) is 7.67. The van der Waals surface area contributed by atoms with Gasteiger partial charge in [0.1, 0.15) is 5.75 Å². The van der Waals surface area contributed by atoms with E-state index in [1.807, 2.05) is 6.07 Å². The van der Waals surface area contributed by atoms with Crippen LogP contribution in [-0.4, -0.2) is 19.5 Å². The number of methoxy groups -OCH3 is 1. The molecule has 0 aliphatic heterocycles. The number of nitrogens with one attached hydrogen (secondary N) is 1. The first-order valence-corrected chi connectivity index (χ1v) is 6.59. The van der Waals surface area contributed by atoms with E-state index in [-0.39, 0.29) is 0 Å². The number of hydrogen-bond donors (Lipinski definition) is 1. The lowest BCUT2D eigenvalue weighted by molar-refractivity contribution is 0.412. The molecule has 0 aliphatic rings. The van der Waals surface area contributed by atoms with E-state index in [9.17, 15) is 0 Å². The van der Waals surface area contributed by atoms with Crippen LogP contribution in [0.15, 0.2) is 22.7 Å². The van der Waals surface area contributed by atoms with Gasteiger partial charge in [0, 0.05) is 12.4 Å². The predicted molar refractivity (Wildman–Crippen MR) is 72.3 cm³/mol. The van der Waals surface area contributed by atoms with Gasteiger partial charge in [0.25, 0.3) is 0 Å². The number of hydrogen-bond acceptors (Lipinski definition) is 2. The van der Waals surface area contributed by atoms with Crippen molar-refractivity contribution >= 4 is 27.5 Å². The van der Waals surface area contributed by atoms with Gasteiger partial charge in [-0.15, -0.1) is 11.6 Å². The maximum atomic E-state index is 5.73. The van der Waals surface area contributed by atoms with Gasteiger partial charge in [0.15, 0.2) is 0 Å². The van der Waals surface area contributed by atoms with Crippen molar-refractivity contribution < 1.29 is 4.74 Å². The summed E-state index contributed by atoms with van der Waals surface area (Å²) in [6.45, 7) is 3.92. The normalized spacial score (nSPS) is 12.5. The molecule has 1 aromatic rings. The Morgan fingerprint density at radius 3 is 2.81 bits per heavy atom. The van der Waals surface area contributed by atoms with Crippen molar-refractivity contribution in [2.45, 2.75) is 13.5 Å². The Balaban J connectivity index is 2.46. The van der Waals surface area contributed by atoms with Crippen LogP contribution < -0.4 is 10.1 Å². The second-order valence-electron chi connectivity index (χ2n) is 3.86. The van der Waals surface area contributed by atoms with Gasteiger partial charge in [-0.2, -0.15) is 0 Å². The second kappa shape index (κ2) is 7.15. The van der Waals surface area contributed by atoms with Crippen LogP contribution in [0, 0.1) is 5.92 Å². The largest absolute Gasteiger partial charge is 0.496 e. The van der Waals surface area contributed by atoms with E-state index in [1.54, 1.807) is 7.11 Å². The molecule has 4 heteroatoms. The SMILES string of the molecule is COc1ccc(CNCC(C)CCl)cc1Br. The molecule has 0 aliphatic carbocycles. The fourth-order valence-corrected chi connectivity index (χ4v) is 2.03. The second-order valence-corrected chi connectivity index (χ2v) is 5.02. The number of ether oxygens (including phenoxy) is 1. The summed E-state index contributed by atoms with van der Waals surface area (Å²) < 4.78 is 6.16. The third-order valence-corrected chi connectivity index (χ3v) is 3.45. The van der Waals surface area contributed by atoms with Crippen molar-refractivity contribution in [1.29, 1.82) is 0 Å². The summed E-state index contributed by atoms with van der Waals surface area (Å²) in [5, 5.41) is 3.37. The Kier molecular flexibility index (Phi) is 6.17. The molecule has 0 amide bonds. The first kappa shape index (κ1) is 13.8. The van der Waals surface area contributed by atoms with Crippen LogP contribution in [0.3, 0.4) is 0 Å². The van der Waals surface area contributed by atoms with Crippen molar-refractivity contribution in [2.24, 2.45) is 5.92 Å². The Hall–Kier alpha value is -0.250. The van der Waals surface area contributed by atoms with Crippen molar-refractivity contribution in [2.75, 3.05) is 19.5 Å². The van der Waals surface area contributed by atoms with Gasteiger partial charge in [-0.1, -0.05) is 13.0 Å². The zero-order valence-electron chi connectivity index (χ0n) is 9.59. The van der Waals surface area contributed by atoms with Crippen molar-refractivity contribution in [3.05, 3.63) is 28.2 Å². The van der Waals surface area contributed by atoms with Gasteiger partial charge in [0.05, 0.1) is 11.6 Å². The minimum atomic E-state index is 0.503. The van der Waals surface area contributed by atoms with E-state index in [0.29, 0.717) is 11.8 Å². The average Bonchev–Trinajstić information content (AvgIpc) is 2.29. The number of rotatable bonds is 6. The highest BCUT2D eigenvalue weighted by Gasteiger charge is 2.02. The Morgan fingerprint density at radius 1 is 1.50 bits per heavy atom. The van der Waals surface area contributed by atoms with Gasteiger partial charge in [0.2, 0.25) is 0 Å². The fraction of sp³-hybridized carbons (Fsp3) is 0.500. The highest BCUT2D eigenvalue weighted by atomic mass is 79.9. The Labute approximate surface area is 110 Å². The summed E-state index contributed by atoms with van der Waals surface area (Å²) >= 11 is 9.20. The average molecular weight is 307 g/mol. The minimum absolute atomic E-state index is 0.503. The zero-order valence-corrected chi connectivity index (χ0v) is 11.9. The van der Waals surface area contributed by atoms with E-state index < -0.39 is 0 Å². The van der Waals surface area contributed by atoms with Crippen LogP contribution in [0.25, 0.3) is 0 Å². The Morgan fingerprint density at radius 2 is 2.25 bits per heavy atom. The Bertz CT molecular complexity index is 333. The summed E-state index contributed by atoms with van der Waals surface area (Å²) in [7, 11) is 1.67. The molecule has 0 saturated heterocycles. The van der Waals surface area contributed by atoms with Crippen LogP contribution in [-0.2, 0) is 6.54 Å². The van der Waals surface area contributed by atoms with Crippen LogP contribution in [0.1, 0.15) is 12.5 Å². The minimum Gasteiger partial charge on any atom is -0.496 e. The topological polar surface area (TPSA) is 21.3 Å². The monoisotopic (exact) mass is 305 g/mol. The van der Waals surface area contributed by atoms with Crippen LogP contribution in [0.5, 0.6) is 5.75 Å². The van der Waals surface area contributed by atoms with Crippen molar-refractivity contribution in [3.8, 4) is 5.75 Å². The molecule has 0 heterocycles. The van der Waals surface area contributed by atoms with Gasteiger partial charge < -0.3 is 10.1 Å². The molecule has 0 fully saturated rings. The lowest BCUT2D eigenvalue weighted by Gasteiger charge is -2.10. The summed E-state index contributed by atoms with van der Waals surface area (Å²) in [6.07, 6.45) is 0. The molecule has 1 atom stereocenters. The van der Waals surface area contributed by atoms with E-state index >= 15 is 0 Å². The molecular weight excluding hydrogens is 289 g/mol. The van der Waals surface area contributed by atoms with Gasteiger partial charge >= 0.3 is 0 Å². The van der Waals surface area contributed by atoms with E-state index in [4.69, 9.17) is 16.3 Å². The summed E-state index contributed by atoms with van der Waals surface area (Å²) in [4.78, 5) is 0. The lowest BCUT2D eigenvalue weighted by atomic mass is 10.2. The molecule has 0 spiro atoms. The van der Waals surface area contributed by atoms with Gasteiger partial charge in [-0.25, -0.2) is 0 Å². The molecule has 0 radical (unpaired) electrons. The molecule has 0 aromatic heterocycles. The van der Waals surface area contributed by atoms with E-state index in [0.717, 1.165) is 23.3 Å². The number of alkyl halides is 1. The summed E-state index contributed by atoms with van der Waals surface area (Å²) in [5.74, 6) is 2.06. The molecular formula is C12H17BrClNO. The number of halogens is 2. The maximum absolute atomic E-state index is 5.73. The maximum Gasteiger partial charge on any atom is 0.133 e. The van der Waals surface area contributed by atoms with Crippen LogP contribution in [0.4, 0.5) is 0 Å². The van der Waals surface area contributed by atoms with E-state index in [1.165, 1.54) is 5.56 Å². The quantitative estimate of drug-likeness (QED) is 0.813. The molecule has 1 aromatic carbocycles. The van der Waals surface area contributed by atoms with Crippen molar-refractivity contribution in [3.63, 3.8) is 0 Å². The van der Waals surface area contributed by atoms with Gasteiger partial charge in [-0.05, 0) is 46.1 Å². The zero-order chi connectivity index (χ0) is 12.0. The molecule has 16 heavy (non-hydrogen) atoms. The summed E-state index contributed by atoms with van der Waals surface area (Å²) in [5.41, 5.74) is 1.23. The van der Waals surface area contributed by atoms with Crippen LogP contribution >= 0.6 is 27.5 Å². The molecule has 0 bridgehead atoms. The molecule has 90 valence electrons. The van der Waals surface area contributed by atoms with Gasteiger partial charge in [-0.3, -0.25) is 0 Å². The highest BCUT2D eigenvalue weighted by molar-refractivity contribution is 9.10. The standard InChI is InChI=1S/C12H17BrClNO/c1-9(6-14)7-15-8-10-3-4-12(16-2)11(13)5-10/h3-5,9,15H,6-8H2,1-2H3. The third-order valence-electron chi connectivity index (χ3n) is 2.30. The molecule has 1 rings (SSSR count). The molecule has 1 N–H and O–H groups in total. The van der Waals surface area contributed by atoms with Crippen molar-refractivity contribution in [1.82, 2.24) is 5.32 Å². The van der Waals surface area contributed by atoms with E-state index in [2.05, 4.69) is 40.3 Å². The number of benzene rings is 1. The smallest absolute Gasteiger partial charge is 0.133 e. The molecule has 2 nitrogen and oxygen atoms in total. The molecule has 0 saturated carbocycles. The first-order valence-electron chi connectivity index (χ1n) is 5.26. The molecule has 1 unspecified atom stereocenters. The van der Waals surface area contributed by atoms with Crippen LogP contribution in [0.2, 0.25) is 0 Å².